The third kappa shape index (κ3) is 2.64. The van der Waals surface area contributed by atoms with Gasteiger partial charge in [-0.2, -0.15) is 4.98 Å². The van der Waals surface area contributed by atoms with Crippen molar-refractivity contribution < 1.29 is 13.3 Å². The second-order valence-corrected chi connectivity index (χ2v) is 5.14. The predicted molar refractivity (Wildman–Crippen MR) is 77.2 cm³/mol. The number of aromatic nitrogens is 2. The Morgan fingerprint density at radius 3 is 2.52 bits per heavy atom. The van der Waals surface area contributed by atoms with Crippen molar-refractivity contribution in [2.45, 2.75) is 0 Å². The average molecular weight is 352 g/mol. The van der Waals surface area contributed by atoms with Crippen LogP contribution in [0.5, 0.6) is 0 Å². The molecule has 3 rings (SSSR count). The molecule has 0 amide bonds. The van der Waals surface area contributed by atoms with Crippen molar-refractivity contribution in [3.8, 4) is 22.8 Å². The van der Waals surface area contributed by atoms with Crippen LogP contribution in [0.25, 0.3) is 22.8 Å². The molecule has 0 unspecified atom stereocenters. The number of nitrogens with two attached hydrogens (primary N) is 1. The van der Waals surface area contributed by atoms with Crippen LogP contribution in [-0.2, 0) is 0 Å². The second-order valence-electron chi connectivity index (χ2n) is 4.28. The lowest BCUT2D eigenvalue weighted by molar-refractivity contribution is 0.432. The molecule has 1 heterocycles. The summed E-state index contributed by atoms with van der Waals surface area (Å²) in [5.41, 5.74) is 7.09. The number of nitrogens with zero attached hydrogens (tertiary/aromatic N) is 2. The summed E-state index contributed by atoms with van der Waals surface area (Å²) in [6.45, 7) is 0. The zero-order chi connectivity index (χ0) is 15.0. The molecular weight excluding hydrogens is 344 g/mol. The van der Waals surface area contributed by atoms with E-state index in [2.05, 4.69) is 26.1 Å². The van der Waals surface area contributed by atoms with Crippen LogP contribution in [0.4, 0.5) is 14.5 Å². The van der Waals surface area contributed by atoms with Crippen LogP contribution < -0.4 is 5.73 Å². The van der Waals surface area contributed by atoms with E-state index in [1.54, 1.807) is 18.2 Å². The number of halogens is 3. The largest absolute Gasteiger partial charge is 0.397 e. The zero-order valence-electron chi connectivity index (χ0n) is 10.5. The molecule has 0 radical (unpaired) electrons. The highest BCUT2D eigenvalue weighted by atomic mass is 79.9. The van der Waals surface area contributed by atoms with E-state index in [1.165, 1.54) is 0 Å². The monoisotopic (exact) mass is 351 g/mol. The van der Waals surface area contributed by atoms with Crippen LogP contribution in [0, 0.1) is 11.6 Å². The van der Waals surface area contributed by atoms with E-state index in [0.29, 0.717) is 15.7 Å². The lowest BCUT2D eigenvalue weighted by Crippen LogP contribution is -1.91. The molecule has 0 aliphatic rings. The number of nitrogen functional groups attached to an aromatic ring is 1. The van der Waals surface area contributed by atoms with Gasteiger partial charge in [0, 0.05) is 16.1 Å². The first-order chi connectivity index (χ1) is 10.0. The maximum Gasteiger partial charge on any atom is 0.260 e. The summed E-state index contributed by atoms with van der Waals surface area (Å²) in [5.74, 6) is -1.16. The Hall–Kier alpha value is -2.28. The Bertz CT molecular complexity index is 799. The van der Waals surface area contributed by atoms with E-state index in [-0.39, 0.29) is 17.3 Å². The van der Waals surface area contributed by atoms with Gasteiger partial charge in [-0.1, -0.05) is 11.2 Å². The molecule has 0 spiro atoms. The van der Waals surface area contributed by atoms with Crippen LogP contribution in [0.2, 0.25) is 0 Å². The number of anilines is 1. The van der Waals surface area contributed by atoms with Crippen LogP contribution in [0.1, 0.15) is 0 Å². The van der Waals surface area contributed by atoms with Crippen molar-refractivity contribution in [2.75, 3.05) is 5.73 Å². The van der Waals surface area contributed by atoms with Crippen molar-refractivity contribution in [1.29, 1.82) is 0 Å². The van der Waals surface area contributed by atoms with Crippen LogP contribution in [0.15, 0.2) is 45.4 Å². The molecule has 0 bridgehead atoms. The molecule has 3 aromatic rings. The molecule has 7 heteroatoms. The number of hydrogen-bond acceptors (Lipinski definition) is 4. The Kier molecular flexibility index (Phi) is 3.42. The summed E-state index contributed by atoms with van der Waals surface area (Å²) >= 11 is 3.30. The molecule has 21 heavy (non-hydrogen) atoms. The highest BCUT2D eigenvalue weighted by Crippen LogP contribution is 2.31. The molecule has 0 aliphatic heterocycles. The van der Waals surface area contributed by atoms with E-state index >= 15 is 0 Å². The minimum absolute atomic E-state index is 0.0859. The Labute approximate surface area is 126 Å². The summed E-state index contributed by atoms with van der Waals surface area (Å²) < 4.78 is 32.2. The van der Waals surface area contributed by atoms with Crippen molar-refractivity contribution in [3.05, 3.63) is 52.5 Å². The number of rotatable bonds is 2. The van der Waals surface area contributed by atoms with Crippen molar-refractivity contribution in [2.24, 2.45) is 0 Å². The Balaban J connectivity index is 2.06. The van der Waals surface area contributed by atoms with E-state index in [4.69, 9.17) is 10.3 Å². The van der Waals surface area contributed by atoms with Gasteiger partial charge in [-0.15, -0.1) is 0 Å². The average Bonchev–Trinajstić information content (AvgIpc) is 2.90. The molecular formula is C14H8BrF2N3O. The van der Waals surface area contributed by atoms with Crippen LogP contribution in [0.3, 0.4) is 0 Å². The fraction of sp³-hybridized carbons (Fsp3) is 0. The lowest BCUT2D eigenvalue weighted by atomic mass is 10.2. The highest BCUT2D eigenvalue weighted by molar-refractivity contribution is 9.10. The van der Waals surface area contributed by atoms with Gasteiger partial charge in [-0.05, 0) is 40.2 Å². The molecule has 0 saturated carbocycles. The normalized spacial score (nSPS) is 10.8. The van der Waals surface area contributed by atoms with Gasteiger partial charge in [0.05, 0.1) is 11.3 Å². The molecule has 0 aliphatic carbocycles. The fourth-order valence-electron chi connectivity index (χ4n) is 1.86. The summed E-state index contributed by atoms with van der Waals surface area (Å²) in [7, 11) is 0. The van der Waals surface area contributed by atoms with E-state index < -0.39 is 11.6 Å². The third-order valence-corrected chi connectivity index (χ3v) is 3.52. The van der Waals surface area contributed by atoms with Crippen molar-refractivity contribution in [1.82, 2.24) is 10.1 Å². The Morgan fingerprint density at radius 1 is 1.10 bits per heavy atom. The first-order valence-electron chi connectivity index (χ1n) is 5.89. The summed E-state index contributed by atoms with van der Waals surface area (Å²) in [4.78, 5) is 4.12. The highest BCUT2D eigenvalue weighted by Gasteiger charge is 2.15. The van der Waals surface area contributed by atoms with E-state index in [9.17, 15) is 8.78 Å². The van der Waals surface area contributed by atoms with Gasteiger partial charge in [-0.25, -0.2) is 8.78 Å². The molecule has 0 fully saturated rings. The maximum atomic E-state index is 13.2. The Morgan fingerprint density at radius 2 is 1.81 bits per heavy atom. The van der Waals surface area contributed by atoms with Gasteiger partial charge in [0.2, 0.25) is 5.82 Å². The van der Waals surface area contributed by atoms with E-state index in [1.807, 2.05) is 0 Å². The predicted octanol–water partition coefficient (Wildman–Crippen LogP) is 4.03. The number of benzene rings is 2. The standard InChI is InChI=1S/C14H8BrF2N3O/c15-11-3-1-2-10(12(11)18)14-19-13(20-21-14)7-4-8(16)6-9(17)5-7/h1-6H,18H2. The fourth-order valence-corrected chi connectivity index (χ4v) is 2.22. The smallest absolute Gasteiger partial charge is 0.260 e. The topological polar surface area (TPSA) is 64.9 Å². The van der Waals surface area contributed by atoms with Gasteiger partial charge >= 0.3 is 0 Å². The van der Waals surface area contributed by atoms with Crippen LogP contribution >= 0.6 is 15.9 Å². The molecule has 4 nitrogen and oxygen atoms in total. The summed E-state index contributed by atoms with van der Waals surface area (Å²) in [5, 5.41) is 3.73. The first kappa shape index (κ1) is 13.7. The molecule has 0 atom stereocenters. The van der Waals surface area contributed by atoms with E-state index in [0.717, 1.165) is 18.2 Å². The van der Waals surface area contributed by atoms with Crippen molar-refractivity contribution >= 4 is 21.6 Å². The first-order valence-corrected chi connectivity index (χ1v) is 6.68. The van der Waals surface area contributed by atoms with Gasteiger partial charge in [0.25, 0.3) is 5.89 Å². The van der Waals surface area contributed by atoms with Crippen LogP contribution in [-0.4, -0.2) is 10.1 Å². The molecule has 2 aromatic carbocycles. The van der Waals surface area contributed by atoms with Gasteiger partial charge in [0.15, 0.2) is 0 Å². The minimum Gasteiger partial charge on any atom is -0.397 e. The van der Waals surface area contributed by atoms with Crippen molar-refractivity contribution in [3.63, 3.8) is 0 Å². The quantitative estimate of drug-likeness (QED) is 0.708. The van der Waals surface area contributed by atoms with Gasteiger partial charge < -0.3 is 10.3 Å². The number of hydrogen-bond donors (Lipinski definition) is 1. The summed E-state index contributed by atoms with van der Waals surface area (Å²) in [6, 6.07) is 8.28. The maximum absolute atomic E-state index is 13.2. The molecule has 0 saturated heterocycles. The number of para-hydroxylation sites is 1. The lowest BCUT2D eigenvalue weighted by Gasteiger charge is -2.01. The minimum atomic E-state index is -0.710. The second kappa shape index (κ2) is 5.25. The molecule has 106 valence electrons. The molecule has 1 aromatic heterocycles. The molecule has 2 N–H and O–H groups in total. The van der Waals surface area contributed by atoms with Gasteiger partial charge in [-0.3, -0.25) is 0 Å². The third-order valence-electron chi connectivity index (χ3n) is 2.83. The summed E-state index contributed by atoms with van der Waals surface area (Å²) in [6.07, 6.45) is 0. The zero-order valence-corrected chi connectivity index (χ0v) is 12.1. The SMILES string of the molecule is Nc1c(Br)cccc1-c1nc(-c2cc(F)cc(F)c2)no1. The van der Waals surface area contributed by atoms with Gasteiger partial charge in [0.1, 0.15) is 11.6 Å².